The van der Waals surface area contributed by atoms with Crippen molar-refractivity contribution in [3.8, 4) is 5.75 Å². The molecule has 0 saturated heterocycles. The van der Waals surface area contributed by atoms with E-state index in [0.717, 1.165) is 17.5 Å². The summed E-state index contributed by atoms with van der Waals surface area (Å²) < 4.78 is 0. The zero-order valence-corrected chi connectivity index (χ0v) is 9.79. The van der Waals surface area contributed by atoms with Crippen LogP contribution < -0.4 is 0 Å². The van der Waals surface area contributed by atoms with Gasteiger partial charge in [0.25, 0.3) is 0 Å². The van der Waals surface area contributed by atoms with Crippen LogP contribution in [0.4, 0.5) is 0 Å². The van der Waals surface area contributed by atoms with Crippen molar-refractivity contribution in [2.24, 2.45) is 5.92 Å². The van der Waals surface area contributed by atoms with Gasteiger partial charge in [-0.15, -0.1) is 0 Å². The first-order valence-electron chi connectivity index (χ1n) is 5.31. The lowest BCUT2D eigenvalue weighted by molar-refractivity contribution is 0.0924. The number of phenols is 1. The summed E-state index contributed by atoms with van der Waals surface area (Å²) >= 11 is 0. The van der Waals surface area contributed by atoms with Crippen molar-refractivity contribution in [3.05, 3.63) is 28.8 Å². The monoisotopic (exact) mass is 206 g/mol. The average molecular weight is 206 g/mol. The molecule has 1 rings (SSSR count). The summed E-state index contributed by atoms with van der Waals surface area (Å²) in [5.41, 5.74) is 2.50. The van der Waals surface area contributed by atoms with Crippen LogP contribution in [0.5, 0.6) is 5.75 Å². The second kappa shape index (κ2) is 4.47. The van der Waals surface area contributed by atoms with E-state index in [-0.39, 0.29) is 17.5 Å². The van der Waals surface area contributed by atoms with Crippen LogP contribution in [0.1, 0.15) is 41.8 Å². The van der Waals surface area contributed by atoms with E-state index >= 15 is 0 Å². The Balaban J connectivity index is 3.15. The predicted octanol–water partition coefficient (Wildman–Crippen LogP) is 3.24. The first kappa shape index (κ1) is 11.8. The van der Waals surface area contributed by atoms with Crippen LogP contribution in [0.25, 0.3) is 0 Å². The molecule has 1 aromatic carbocycles. The number of hydrogen-bond donors (Lipinski definition) is 1. The van der Waals surface area contributed by atoms with Gasteiger partial charge in [-0.2, -0.15) is 0 Å². The molecular weight excluding hydrogens is 188 g/mol. The zero-order valence-electron chi connectivity index (χ0n) is 9.79. The molecule has 0 aromatic heterocycles. The normalized spacial score (nSPS) is 12.5. The lowest BCUT2D eigenvalue weighted by Crippen LogP contribution is -2.10. The largest absolute Gasteiger partial charge is 0.507 e. The van der Waals surface area contributed by atoms with Gasteiger partial charge in [0.1, 0.15) is 5.75 Å². The van der Waals surface area contributed by atoms with Gasteiger partial charge in [-0.05, 0) is 43.5 Å². The number of carbonyl (C=O) groups excluding carboxylic acids is 1. The Morgan fingerprint density at radius 1 is 1.33 bits per heavy atom. The molecule has 0 aliphatic carbocycles. The minimum Gasteiger partial charge on any atom is -0.507 e. The molecule has 0 amide bonds. The van der Waals surface area contributed by atoms with Crippen molar-refractivity contribution in [2.75, 3.05) is 0 Å². The number of rotatable bonds is 3. The van der Waals surface area contributed by atoms with Crippen LogP contribution in [-0.4, -0.2) is 10.9 Å². The molecule has 1 N–H and O–H groups in total. The number of Topliss-reactive ketones (excluding diaryl/α,β-unsaturated/α-hetero) is 1. The van der Waals surface area contributed by atoms with E-state index in [1.807, 2.05) is 27.7 Å². The van der Waals surface area contributed by atoms with E-state index in [1.165, 1.54) is 0 Å². The van der Waals surface area contributed by atoms with E-state index in [1.54, 1.807) is 12.1 Å². The number of phenolic OH excluding ortho intramolecular Hbond substituents is 1. The first-order valence-corrected chi connectivity index (χ1v) is 5.31. The summed E-state index contributed by atoms with van der Waals surface area (Å²) in [5, 5.41) is 9.71. The van der Waals surface area contributed by atoms with Crippen molar-refractivity contribution >= 4 is 5.78 Å². The van der Waals surface area contributed by atoms with Gasteiger partial charge in [0, 0.05) is 5.92 Å². The molecule has 0 saturated carbocycles. The molecule has 0 radical (unpaired) electrons. The summed E-state index contributed by atoms with van der Waals surface area (Å²) in [7, 11) is 0. The quantitative estimate of drug-likeness (QED) is 0.771. The van der Waals surface area contributed by atoms with Crippen LogP contribution >= 0.6 is 0 Å². The average Bonchev–Trinajstić information content (AvgIpc) is 2.21. The Labute approximate surface area is 90.9 Å². The lowest BCUT2D eigenvalue weighted by atomic mass is 9.94. The van der Waals surface area contributed by atoms with E-state index < -0.39 is 0 Å². The maximum Gasteiger partial charge on any atom is 0.169 e. The van der Waals surface area contributed by atoms with Gasteiger partial charge >= 0.3 is 0 Å². The summed E-state index contributed by atoms with van der Waals surface area (Å²) in [4.78, 5) is 11.9. The summed E-state index contributed by atoms with van der Waals surface area (Å²) in [5.74, 6) is 0.0968. The van der Waals surface area contributed by atoms with Crippen molar-refractivity contribution in [3.63, 3.8) is 0 Å². The highest BCUT2D eigenvalue weighted by Crippen LogP contribution is 2.25. The van der Waals surface area contributed by atoms with Gasteiger partial charge in [0.2, 0.25) is 0 Å². The molecule has 2 heteroatoms. The van der Waals surface area contributed by atoms with Gasteiger partial charge in [0.15, 0.2) is 5.78 Å². The van der Waals surface area contributed by atoms with E-state index in [2.05, 4.69) is 0 Å². The zero-order chi connectivity index (χ0) is 11.6. The Morgan fingerprint density at radius 2 is 1.87 bits per heavy atom. The predicted molar refractivity (Wildman–Crippen MR) is 61.4 cm³/mol. The van der Waals surface area contributed by atoms with Gasteiger partial charge in [0.05, 0.1) is 5.56 Å². The van der Waals surface area contributed by atoms with Crippen molar-refractivity contribution < 1.29 is 9.90 Å². The number of aromatic hydroxyl groups is 1. The molecule has 82 valence electrons. The maximum absolute atomic E-state index is 11.9. The Bertz CT molecular complexity index is 380. The van der Waals surface area contributed by atoms with Crippen LogP contribution in [0.15, 0.2) is 12.1 Å². The smallest absolute Gasteiger partial charge is 0.169 e. The highest BCUT2D eigenvalue weighted by Gasteiger charge is 2.17. The maximum atomic E-state index is 11.9. The highest BCUT2D eigenvalue weighted by molar-refractivity contribution is 6.00. The van der Waals surface area contributed by atoms with Gasteiger partial charge < -0.3 is 5.11 Å². The molecule has 0 spiro atoms. The molecule has 2 nitrogen and oxygen atoms in total. The Hall–Kier alpha value is -1.31. The molecule has 0 heterocycles. The minimum absolute atomic E-state index is 0.0260. The third kappa shape index (κ3) is 2.38. The second-order valence-corrected chi connectivity index (χ2v) is 4.13. The van der Waals surface area contributed by atoms with Crippen molar-refractivity contribution in [1.29, 1.82) is 0 Å². The molecule has 1 aromatic rings. The standard InChI is InChI=1S/C13H18O2/c1-5-8(2)13(15)11-6-9(3)10(4)7-12(11)14/h6-8,14H,5H2,1-4H3. The van der Waals surface area contributed by atoms with Crippen LogP contribution in [0.3, 0.4) is 0 Å². The summed E-state index contributed by atoms with van der Waals surface area (Å²) in [6, 6.07) is 3.43. The number of carbonyl (C=O) groups is 1. The SMILES string of the molecule is CCC(C)C(=O)c1cc(C)c(C)cc1O. The lowest BCUT2D eigenvalue weighted by Gasteiger charge is -2.11. The number of benzene rings is 1. The van der Waals surface area contributed by atoms with E-state index in [9.17, 15) is 9.90 Å². The Kier molecular flexibility index (Phi) is 3.51. The van der Waals surface area contributed by atoms with E-state index in [0.29, 0.717) is 5.56 Å². The molecular formula is C13H18O2. The molecule has 15 heavy (non-hydrogen) atoms. The number of ketones is 1. The van der Waals surface area contributed by atoms with Crippen molar-refractivity contribution in [1.82, 2.24) is 0 Å². The van der Waals surface area contributed by atoms with Crippen LogP contribution in [-0.2, 0) is 0 Å². The molecule has 1 unspecified atom stereocenters. The third-order valence-corrected chi connectivity index (χ3v) is 2.94. The van der Waals surface area contributed by atoms with Crippen LogP contribution in [0.2, 0.25) is 0 Å². The topological polar surface area (TPSA) is 37.3 Å². The highest BCUT2D eigenvalue weighted by atomic mass is 16.3. The van der Waals surface area contributed by atoms with Gasteiger partial charge in [-0.1, -0.05) is 13.8 Å². The molecule has 1 atom stereocenters. The first-order chi connectivity index (χ1) is 6.97. The summed E-state index contributed by atoms with van der Waals surface area (Å²) in [6.45, 7) is 7.73. The van der Waals surface area contributed by atoms with Gasteiger partial charge in [-0.3, -0.25) is 4.79 Å². The molecule has 0 aliphatic heterocycles. The molecule has 0 bridgehead atoms. The number of aryl methyl sites for hydroxylation is 2. The fraction of sp³-hybridized carbons (Fsp3) is 0.462. The Morgan fingerprint density at radius 3 is 2.40 bits per heavy atom. The minimum atomic E-state index is -0.0296. The van der Waals surface area contributed by atoms with Crippen molar-refractivity contribution in [2.45, 2.75) is 34.1 Å². The fourth-order valence-electron chi connectivity index (χ4n) is 1.45. The van der Waals surface area contributed by atoms with Gasteiger partial charge in [-0.25, -0.2) is 0 Å². The summed E-state index contributed by atoms with van der Waals surface area (Å²) in [6.07, 6.45) is 0.797. The third-order valence-electron chi connectivity index (χ3n) is 2.94. The second-order valence-electron chi connectivity index (χ2n) is 4.13. The van der Waals surface area contributed by atoms with Crippen LogP contribution in [0, 0.1) is 19.8 Å². The number of hydrogen-bond acceptors (Lipinski definition) is 2. The molecule has 0 fully saturated rings. The van der Waals surface area contributed by atoms with E-state index in [4.69, 9.17) is 0 Å². The fourth-order valence-corrected chi connectivity index (χ4v) is 1.45. The molecule has 0 aliphatic rings.